The summed E-state index contributed by atoms with van der Waals surface area (Å²) in [4.78, 5) is 15.1. The van der Waals surface area contributed by atoms with Crippen molar-refractivity contribution in [2.45, 2.75) is 0 Å². The molecule has 0 aliphatic rings. The summed E-state index contributed by atoms with van der Waals surface area (Å²) in [6.07, 6.45) is 0. The third kappa shape index (κ3) is 1.38. The molecular weight excluding hydrogens is 246 g/mol. The van der Waals surface area contributed by atoms with Crippen LogP contribution in [0, 0.1) is 0 Å². The van der Waals surface area contributed by atoms with Crippen molar-refractivity contribution in [3.63, 3.8) is 0 Å². The maximum Gasteiger partial charge on any atom is 0.239 e. The first-order valence-corrected chi connectivity index (χ1v) is 5.61. The first-order chi connectivity index (χ1) is 9.33. The molecule has 1 aromatic carbocycles. The van der Waals surface area contributed by atoms with Crippen LogP contribution in [0.3, 0.4) is 0 Å². The number of rotatable bonds is 1. The summed E-state index contributed by atoms with van der Waals surface area (Å²) in [5.74, 6) is 0.542. The van der Waals surface area contributed by atoms with Crippen molar-refractivity contribution in [2.24, 2.45) is 0 Å². The topological polar surface area (TPSA) is 100 Å². The lowest BCUT2D eigenvalue weighted by Crippen LogP contribution is -2.00. The molecule has 3 aromatic heterocycles. The lowest BCUT2D eigenvalue weighted by atomic mass is 10.2. The van der Waals surface area contributed by atoms with Crippen LogP contribution in [0.1, 0.15) is 0 Å². The van der Waals surface area contributed by atoms with Crippen LogP contribution in [-0.4, -0.2) is 25.6 Å². The number of aromatic nitrogens is 5. The lowest BCUT2D eigenvalue weighted by molar-refractivity contribution is 0.616. The second-order valence-electron chi connectivity index (χ2n) is 4.09. The Kier molecular flexibility index (Phi) is 1.85. The van der Waals surface area contributed by atoms with Gasteiger partial charge in [-0.15, -0.1) is 10.2 Å². The zero-order valence-electron chi connectivity index (χ0n) is 9.54. The number of nitrogens with one attached hydrogen (secondary N) is 2. The van der Waals surface area contributed by atoms with Gasteiger partial charge in [0.05, 0.1) is 0 Å². The largest absolute Gasteiger partial charge is 0.450 e. The second kappa shape index (κ2) is 3.52. The molecule has 0 bridgehead atoms. The standard InChI is InChI=1S/C12H7N5O2/c18-8-5-9(12-14-16-17-15-12)19-11-6-3-1-2-4-7(6)13-10(8)11/h1-5,13H,(H,14,15,16,17). The van der Waals surface area contributed by atoms with Gasteiger partial charge in [0.25, 0.3) is 0 Å². The molecule has 92 valence electrons. The third-order valence-electron chi connectivity index (χ3n) is 2.94. The number of hydrogen-bond donors (Lipinski definition) is 2. The van der Waals surface area contributed by atoms with Gasteiger partial charge in [0.15, 0.2) is 11.3 Å². The fourth-order valence-electron chi connectivity index (χ4n) is 2.10. The van der Waals surface area contributed by atoms with Crippen molar-refractivity contribution >= 4 is 22.0 Å². The molecule has 0 fully saturated rings. The molecule has 19 heavy (non-hydrogen) atoms. The van der Waals surface area contributed by atoms with Gasteiger partial charge in [0.1, 0.15) is 5.52 Å². The molecule has 3 heterocycles. The quantitative estimate of drug-likeness (QED) is 0.534. The monoisotopic (exact) mass is 253 g/mol. The highest BCUT2D eigenvalue weighted by Crippen LogP contribution is 2.25. The van der Waals surface area contributed by atoms with E-state index in [1.54, 1.807) is 0 Å². The van der Waals surface area contributed by atoms with Gasteiger partial charge < -0.3 is 9.40 Å². The number of para-hydroxylation sites is 1. The summed E-state index contributed by atoms with van der Waals surface area (Å²) in [7, 11) is 0. The number of hydrogen-bond acceptors (Lipinski definition) is 5. The lowest BCUT2D eigenvalue weighted by Gasteiger charge is -1.94. The summed E-state index contributed by atoms with van der Waals surface area (Å²) in [5.41, 5.74) is 1.62. The van der Waals surface area contributed by atoms with E-state index >= 15 is 0 Å². The number of benzene rings is 1. The highest BCUT2D eigenvalue weighted by molar-refractivity contribution is 6.03. The summed E-state index contributed by atoms with van der Waals surface area (Å²) < 4.78 is 5.72. The highest BCUT2D eigenvalue weighted by Gasteiger charge is 2.14. The summed E-state index contributed by atoms with van der Waals surface area (Å²) in [6.45, 7) is 0. The van der Waals surface area contributed by atoms with E-state index in [1.165, 1.54) is 6.07 Å². The molecule has 7 heteroatoms. The van der Waals surface area contributed by atoms with Gasteiger partial charge in [-0.3, -0.25) is 4.79 Å². The second-order valence-corrected chi connectivity index (χ2v) is 4.09. The van der Waals surface area contributed by atoms with Gasteiger partial charge >= 0.3 is 0 Å². The minimum Gasteiger partial charge on any atom is -0.450 e. The van der Waals surface area contributed by atoms with Crippen LogP contribution in [0.2, 0.25) is 0 Å². The number of aromatic amines is 2. The number of H-pyrrole nitrogens is 2. The molecule has 0 spiro atoms. The Morgan fingerprint density at radius 2 is 2.11 bits per heavy atom. The van der Waals surface area contributed by atoms with Crippen LogP contribution < -0.4 is 5.43 Å². The SMILES string of the molecule is O=c1cc(-c2nn[nH]n2)oc2c1[nH]c1ccccc12. The molecule has 0 radical (unpaired) electrons. The Balaban J connectivity index is 2.15. The van der Waals surface area contributed by atoms with Gasteiger partial charge in [-0.25, -0.2) is 0 Å². The smallest absolute Gasteiger partial charge is 0.239 e. The molecule has 0 atom stereocenters. The van der Waals surface area contributed by atoms with Gasteiger partial charge in [0, 0.05) is 17.0 Å². The van der Waals surface area contributed by atoms with E-state index in [1.807, 2.05) is 24.3 Å². The Bertz CT molecular complexity index is 936. The Hall–Kier alpha value is -2.96. The minimum atomic E-state index is -0.169. The normalized spacial score (nSPS) is 11.4. The van der Waals surface area contributed by atoms with E-state index < -0.39 is 0 Å². The summed E-state index contributed by atoms with van der Waals surface area (Å²) in [6, 6.07) is 8.90. The van der Waals surface area contributed by atoms with E-state index in [-0.39, 0.29) is 17.0 Å². The number of tetrazole rings is 1. The Labute approximate surface area is 105 Å². The number of fused-ring (bicyclic) bond motifs is 3. The van der Waals surface area contributed by atoms with Crippen molar-refractivity contribution in [1.82, 2.24) is 25.6 Å². The van der Waals surface area contributed by atoms with Crippen LogP contribution in [0.15, 0.2) is 39.5 Å². The van der Waals surface area contributed by atoms with E-state index in [2.05, 4.69) is 25.6 Å². The predicted molar refractivity (Wildman–Crippen MR) is 67.5 cm³/mol. The van der Waals surface area contributed by atoms with Crippen LogP contribution in [0.25, 0.3) is 33.6 Å². The zero-order chi connectivity index (χ0) is 12.8. The van der Waals surface area contributed by atoms with E-state index in [9.17, 15) is 4.79 Å². The van der Waals surface area contributed by atoms with Crippen molar-refractivity contribution in [3.05, 3.63) is 40.6 Å². The molecule has 4 rings (SSSR count). The zero-order valence-corrected chi connectivity index (χ0v) is 9.54. The molecule has 0 unspecified atom stereocenters. The predicted octanol–water partition coefficient (Wildman–Crippen LogP) is 1.45. The summed E-state index contributed by atoms with van der Waals surface area (Å²) in [5, 5.41) is 14.2. The molecule has 0 amide bonds. The first-order valence-electron chi connectivity index (χ1n) is 5.61. The first kappa shape index (κ1) is 10.0. The van der Waals surface area contributed by atoms with Crippen LogP contribution in [0.4, 0.5) is 0 Å². The summed E-state index contributed by atoms with van der Waals surface area (Å²) >= 11 is 0. The minimum absolute atomic E-state index is 0.169. The van der Waals surface area contributed by atoms with Crippen molar-refractivity contribution in [2.75, 3.05) is 0 Å². The molecule has 7 nitrogen and oxygen atoms in total. The van der Waals surface area contributed by atoms with Crippen molar-refractivity contribution < 1.29 is 4.42 Å². The van der Waals surface area contributed by atoms with E-state index in [0.717, 1.165) is 10.9 Å². The van der Waals surface area contributed by atoms with Crippen LogP contribution >= 0.6 is 0 Å². The van der Waals surface area contributed by atoms with Crippen molar-refractivity contribution in [3.8, 4) is 11.6 Å². The molecule has 2 N–H and O–H groups in total. The molecule has 0 saturated heterocycles. The fraction of sp³-hybridized carbons (Fsp3) is 0. The molecule has 0 aliphatic heterocycles. The van der Waals surface area contributed by atoms with Crippen LogP contribution in [0.5, 0.6) is 0 Å². The van der Waals surface area contributed by atoms with Gasteiger partial charge in [-0.05, 0) is 17.3 Å². The molecule has 0 aliphatic carbocycles. The maximum atomic E-state index is 12.1. The fourth-order valence-corrected chi connectivity index (χ4v) is 2.10. The average Bonchev–Trinajstić information content (AvgIpc) is 3.06. The van der Waals surface area contributed by atoms with Gasteiger partial charge in [0.2, 0.25) is 11.3 Å². The van der Waals surface area contributed by atoms with E-state index in [4.69, 9.17) is 4.42 Å². The van der Waals surface area contributed by atoms with Crippen LogP contribution in [-0.2, 0) is 0 Å². The molecule has 4 aromatic rings. The molecular formula is C12H7N5O2. The Morgan fingerprint density at radius 1 is 1.21 bits per heavy atom. The van der Waals surface area contributed by atoms with Gasteiger partial charge in [-0.1, -0.05) is 12.1 Å². The average molecular weight is 253 g/mol. The molecule has 0 saturated carbocycles. The maximum absolute atomic E-state index is 12.1. The van der Waals surface area contributed by atoms with Crippen molar-refractivity contribution in [1.29, 1.82) is 0 Å². The number of nitrogens with zero attached hydrogens (tertiary/aromatic N) is 3. The Morgan fingerprint density at radius 3 is 2.95 bits per heavy atom. The van der Waals surface area contributed by atoms with Gasteiger partial charge in [-0.2, -0.15) is 5.21 Å². The highest BCUT2D eigenvalue weighted by atomic mass is 16.3. The van der Waals surface area contributed by atoms with E-state index in [0.29, 0.717) is 11.1 Å². The third-order valence-corrected chi connectivity index (χ3v) is 2.94.